The van der Waals surface area contributed by atoms with Crippen molar-refractivity contribution in [3.8, 4) is 67.3 Å². The lowest BCUT2D eigenvalue weighted by molar-refractivity contribution is -0.139. The fraction of sp³-hybridized carbons (Fsp3) is 0.405. The zero-order valence-electron chi connectivity index (χ0n) is 62.2. The number of pyridine rings is 2. The maximum absolute atomic E-state index is 13.8. The molecule has 21 nitrogen and oxygen atoms in total. The number of aromatic amines is 4. The van der Waals surface area contributed by atoms with E-state index in [0.29, 0.717) is 24.4 Å². The smallest absolute Gasteiger partial charge is 0.326 e. The minimum Gasteiger partial charge on any atom is -0.480 e. The van der Waals surface area contributed by atoms with Crippen molar-refractivity contribution in [2.24, 2.45) is 35.5 Å². The van der Waals surface area contributed by atoms with E-state index >= 15 is 0 Å². The number of hydrogen-bond donors (Lipinski definition) is 8. The predicted molar refractivity (Wildman–Crippen MR) is 414 cm³/mol. The fourth-order valence-corrected chi connectivity index (χ4v) is 14.4. The quantitative estimate of drug-likeness (QED) is 0.0313. The molecule has 4 aliphatic rings. The molecule has 3 amide bonds. The lowest BCUT2D eigenvalue weighted by Crippen LogP contribution is -2.45. The number of benzene rings is 4. The zero-order chi connectivity index (χ0) is 73.8. The summed E-state index contributed by atoms with van der Waals surface area (Å²) in [5.74, 6) is 4.11. The molecule has 4 fully saturated rings. The largest absolute Gasteiger partial charge is 0.480 e. The average Bonchev–Trinajstić information content (AvgIpc) is 1.71. The summed E-state index contributed by atoms with van der Waals surface area (Å²) in [5.41, 5.74) is 14.4. The van der Waals surface area contributed by atoms with Crippen LogP contribution in [-0.4, -0.2) is 132 Å². The van der Waals surface area contributed by atoms with Gasteiger partial charge in [-0.25, -0.2) is 24.7 Å². The number of aliphatic carboxylic acids is 1. The van der Waals surface area contributed by atoms with E-state index in [2.05, 4.69) is 189 Å². The van der Waals surface area contributed by atoms with Crippen LogP contribution in [0.5, 0.6) is 0 Å². The molecule has 0 radical (unpaired) electrons. The molecule has 0 saturated carbocycles. The summed E-state index contributed by atoms with van der Waals surface area (Å²) < 4.78 is 0. The Morgan fingerprint density at radius 1 is 0.390 bits per heavy atom. The van der Waals surface area contributed by atoms with Gasteiger partial charge in [0.2, 0.25) is 17.7 Å². The third kappa shape index (κ3) is 17.7. The second-order valence-electron chi connectivity index (χ2n) is 29.9. The number of carbonyl (C=O) groups excluding carboxylic acids is 3. The molecule has 548 valence electrons. The topological polar surface area (TPSA) is 275 Å². The Morgan fingerprint density at radius 2 is 0.714 bits per heavy atom. The van der Waals surface area contributed by atoms with Gasteiger partial charge in [0.1, 0.15) is 35.4 Å². The van der Waals surface area contributed by atoms with E-state index in [1.165, 1.54) is 17.5 Å². The highest BCUT2D eigenvalue weighted by molar-refractivity contribution is 5.86. The molecule has 0 unspecified atom stereocenters. The number of amides is 3. The van der Waals surface area contributed by atoms with Crippen molar-refractivity contribution in [3.63, 3.8) is 0 Å². The van der Waals surface area contributed by atoms with Crippen LogP contribution in [0.3, 0.4) is 0 Å². The van der Waals surface area contributed by atoms with E-state index in [9.17, 15) is 19.2 Å². The van der Waals surface area contributed by atoms with E-state index in [4.69, 9.17) is 20.1 Å². The number of anilines is 2. The molecule has 4 aromatic carbocycles. The van der Waals surface area contributed by atoms with Gasteiger partial charge in [-0.1, -0.05) is 166 Å². The van der Waals surface area contributed by atoms with E-state index < -0.39 is 12.0 Å². The standard InChI is InChI=1S/C42H50N8O2.C32H38N6O.C10H14N2O2/c1-26(2)28(5)41(51)49-21-7-10-36(49)39-44-24-34(47-39)31-16-12-29(13-17-31)30-14-18-32(19-15-30)35-25-45-40(48-35)37-11-8-22-50(37)42(52)38(27(3)4)46-33-9-6-20-43-23-33;1-20(2)21(3)32(39)38-17-5-7-29(38)31-35-19-28(37-31)25-14-10-23(11-15-25)22-8-12-24(13-9-22)27-18-34-30(36-27)26-6-4-16-33-26;1-7(2)9(10(13)14)12-8-4-3-5-11-6-8/h6,9,12-20,23-28,36-38,46H,7-8,10-11,21-22H2,1-5H3,(H,44,47)(H,45,48);8-15,18-21,26,29,33H,4-7,16-17H2,1-3H3,(H,34,36)(H,35,37);3-7,9,12H,1-2H3,(H,13,14)/t28-,36-,37-,38-;21-,26-,29-;9-/m000/s1. The van der Waals surface area contributed by atoms with E-state index in [-0.39, 0.29) is 65.6 Å². The van der Waals surface area contributed by atoms with Crippen LogP contribution >= 0.6 is 0 Å². The van der Waals surface area contributed by atoms with Crippen molar-refractivity contribution in [3.05, 3.63) is 194 Å². The lowest BCUT2D eigenvalue weighted by atomic mass is 9.96. The first-order chi connectivity index (χ1) is 50.8. The molecule has 21 heteroatoms. The summed E-state index contributed by atoms with van der Waals surface area (Å²) in [6.45, 7) is 23.7. The molecular weight excluding hydrogens is 1310 g/mol. The second kappa shape index (κ2) is 33.9. The van der Waals surface area contributed by atoms with E-state index in [1.807, 2.05) is 79.3 Å². The first kappa shape index (κ1) is 74.2. The van der Waals surface area contributed by atoms with E-state index in [1.54, 1.807) is 36.9 Å². The van der Waals surface area contributed by atoms with Crippen LogP contribution in [0.4, 0.5) is 11.4 Å². The molecule has 0 aliphatic carbocycles. The number of carboxylic acids is 1. The highest BCUT2D eigenvalue weighted by Gasteiger charge is 2.39. The van der Waals surface area contributed by atoms with Gasteiger partial charge in [-0.3, -0.25) is 24.4 Å². The third-order valence-corrected chi connectivity index (χ3v) is 21.4. The maximum atomic E-state index is 13.8. The van der Waals surface area contributed by atoms with Gasteiger partial charge >= 0.3 is 5.97 Å². The Kier molecular flexibility index (Phi) is 24.0. The minimum atomic E-state index is -0.844. The van der Waals surface area contributed by atoms with Crippen LogP contribution in [0.25, 0.3) is 67.3 Å². The number of nitrogens with one attached hydrogen (secondary N) is 7. The van der Waals surface area contributed by atoms with Gasteiger partial charge in [0.05, 0.1) is 83.1 Å². The minimum absolute atomic E-state index is 0.00168. The van der Waals surface area contributed by atoms with Gasteiger partial charge in [-0.05, 0) is 150 Å². The number of nitrogens with zero attached hydrogens (tertiary/aromatic N) is 9. The summed E-state index contributed by atoms with van der Waals surface area (Å²) in [5, 5.41) is 18.7. The molecule has 8 N–H and O–H groups in total. The Labute approximate surface area is 616 Å². The number of hydrogen-bond acceptors (Lipinski definition) is 13. The van der Waals surface area contributed by atoms with Crippen molar-refractivity contribution >= 4 is 35.1 Å². The fourth-order valence-electron chi connectivity index (χ4n) is 14.4. The number of carbonyl (C=O) groups is 4. The van der Waals surface area contributed by atoms with Gasteiger partial charge < -0.3 is 55.7 Å². The molecule has 6 aromatic heterocycles. The Balaban J connectivity index is 0.000000171. The predicted octanol–water partition coefficient (Wildman–Crippen LogP) is 16.4. The molecule has 4 aliphatic heterocycles. The summed E-state index contributed by atoms with van der Waals surface area (Å²) >= 11 is 0. The van der Waals surface area contributed by atoms with Gasteiger partial charge in [0.15, 0.2) is 0 Å². The second-order valence-corrected chi connectivity index (χ2v) is 29.9. The number of aromatic nitrogens is 10. The maximum Gasteiger partial charge on any atom is 0.326 e. The lowest BCUT2D eigenvalue weighted by Gasteiger charge is -2.30. The van der Waals surface area contributed by atoms with Gasteiger partial charge in [0, 0.05) is 56.3 Å². The van der Waals surface area contributed by atoms with Crippen molar-refractivity contribution in [1.29, 1.82) is 0 Å². The molecule has 4 saturated heterocycles. The number of carboxylic acid groups (broad SMARTS) is 1. The number of rotatable bonds is 22. The summed E-state index contributed by atoms with van der Waals surface area (Å²) in [7, 11) is 0. The number of imidazole rings is 4. The normalized spacial score (nSPS) is 18.4. The first-order valence-electron chi connectivity index (χ1n) is 37.6. The van der Waals surface area contributed by atoms with Crippen LogP contribution < -0.4 is 16.0 Å². The number of likely N-dealkylation sites (tertiary alicyclic amines) is 3. The van der Waals surface area contributed by atoms with Crippen LogP contribution in [-0.2, 0) is 19.2 Å². The highest BCUT2D eigenvalue weighted by Crippen LogP contribution is 2.39. The average molecular weight is 1420 g/mol. The van der Waals surface area contributed by atoms with Gasteiger partial charge in [-0.15, -0.1) is 0 Å². The summed E-state index contributed by atoms with van der Waals surface area (Å²) in [6, 6.07) is 40.9. The molecule has 10 heterocycles. The highest BCUT2D eigenvalue weighted by atomic mass is 16.4. The Morgan fingerprint density at radius 3 is 1.02 bits per heavy atom. The van der Waals surface area contributed by atoms with Crippen molar-refractivity contribution < 1.29 is 24.3 Å². The van der Waals surface area contributed by atoms with Crippen LogP contribution in [0.15, 0.2) is 171 Å². The molecule has 0 bridgehead atoms. The SMILES string of the molecule is CC(C)[C@H](C)C(=O)N1CCC[C@H]1c1ncc(-c2ccc(-c3ccc(-c4cnc([C@@H]5CCCN5)[nH]4)cc3)cc2)[nH]1.CC(C)[C@H](C)C(=O)N1CCC[C@H]1c1ncc(-c2ccc(-c3ccc(-c4cnc([C@@H]5CCCN5C(=O)[C@@H](Nc5cccnc5)C(C)C)[nH]4)cc3)cc2)[nH]1.CC(C)[C@H](Nc1cccnc1)C(=O)O. The third-order valence-electron chi connectivity index (χ3n) is 21.4. The first-order valence-corrected chi connectivity index (χ1v) is 37.6. The molecule has 105 heavy (non-hydrogen) atoms. The molecule has 8 atom stereocenters. The molecule has 0 spiro atoms. The summed E-state index contributed by atoms with van der Waals surface area (Å²) in [6.07, 6.45) is 22.4. The van der Waals surface area contributed by atoms with E-state index in [0.717, 1.165) is 155 Å². The van der Waals surface area contributed by atoms with Crippen LogP contribution in [0.2, 0.25) is 0 Å². The molecule has 14 rings (SSSR count). The Hall–Kier alpha value is -10.5. The van der Waals surface area contributed by atoms with Gasteiger partial charge in [-0.2, -0.15) is 0 Å². The van der Waals surface area contributed by atoms with Crippen molar-refractivity contribution in [2.45, 2.75) is 157 Å². The zero-order valence-corrected chi connectivity index (χ0v) is 62.2. The van der Waals surface area contributed by atoms with Crippen LogP contribution in [0, 0.1) is 35.5 Å². The van der Waals surface area contributed by atoms with Gasteiger partial charge in [0.25, 0.3) is 0 Å². The van der Waals surface area contributed by atoms with Crippen LogP contribution in [0.1, 0.15) is 168 Å². The number of H-pyrrole nitrogens is 4. The molecular formula is C84H102N16O5. The van der Waals surface area contributed by atoms with Crippen molar-refractivity contribution in [1.82, 2.24) is 69.9 Å². The summed E-state index contributed by atoms with van der Waals surface area (Å²) in [4.78, 5) is 97.9. The monoisotopic (exact) mass is 1410 g/mol. The molecule has 10 aromatic rings. The van der Waals surface area contributed by atoms with Crippen molar-refractivity contribution in [2.75, 3.05) is 36.8 Å². The Bertz CT molecular complexity index is 4460.